The van der Waals surface area contributed by atoms with Crippen LogP contribution in [0.5, 0.6) is 5.75 Å². The van der Waals surface area contributed by atoms with Gasteiger partial charge in [-0.25, -0.2) is 4.98 Å². The maximum absolute atomic E-state index is 13.1. The summed E-state index contributed by atoms with van der Waals surface area (Å²) in [5, 5.41) is 3.65. The second kappa shape index (κ2) is 8.83. The number of fused-ring (bicyclic) bond motifs is 1. The molecule has 0 saturated carbocycles. The van der Waals surface area contributed by atoms with E-state index in [1.807, 2.05) is 6.07 Å². The standard InChI is InChI=1S/C22H13Cl2F2N3O2/c23-12-4-6-17-14(9-12)15(11-19(29-17)18-3-1-2-8-27-18)21(30)28-13-5-7-20(16(24)10-13)31-22(25)26/h1-11,22H,(H,28,30). The molecule has 0 spiro atoms. The first-order valence-electron chi connectivity index (χ1n) is 8.98. The van der Waals surface area contributed by atoms with Crippen LogP contribution in [-0.4, -0.2) is 22.5 Å². The zero-order chi connectivity index (χ0) is 22.0. The van der Waals surface area contributed by atoms with Crippen molar-refractivity contribution in [3.8, 4) is 17.1 Å². The Morgan fingerprint density at radius 2 is 1.84 bits per heavy atom. The lowest BCUT2D eigenvalue weighted by atomic mass is 10.1. The van der Waals surface area contributed by atoms with Crippen molar-refractivity contribution in [2.45, 2.75) is 6.61 Å². The first-order valence-corrected chi connectivity index (χ1v) is 9.74. The van der Waals surface area contributed by atoms with Crippen molar-refractivity contribution >= 4 is 45.7 Å². The van der Waals surface area contributed by atoms with Crippen molar-refractivity contribution in [2.24, 2.45) is 0 Å². The average molecular weight is 460 g/mol. The molecule has 4 rings (SSSR count). The minimum Gasteiger partial charge on any atom is -0.433 e. The number of hydrogen-bond acceptors (Lipinski definition) is 4. The van der Waals surface area contributed by atoms with Gasteiger partial charge in [0.05, 0.1) is 27.5 Å². The van der Waals surface area contributed by atoms with Gasteiger partial charge >= 0.3 is 6.61 Å². The number of aromatic nitrogens is 2. The molecule has 0 fully saturated rings. The smallest absolute Gasteiger partial charge is 0.387 e. The van der Waals surface area contributed by atoms with Gasteiger partial charge in [0.15, 0.2) is 0 Å². The second-order valence-electron chi connectivity index (χ2n) is 6.41. The molecule has 1 amide bonds. The molecular formula is C22H13Cl2F2N3O2. The predicted octanol–water partition coefficient (Wildman–Crippen LogP) is 6.46. The molecule has 9 heteroatoms. The molecule has 2 aromatic heterocycles. The largest absolute Gasteiger partial charge is 0.433 e. The number of nitrogens with zero attached hydrogens (tertiary/aromatic N) is 2. The number of rotatable bonds is 5. The van der Waals surface area contributed by atoms with E-state index in [1.165, 1.54) is 18.2 Å². The molecule has 0 bridgehead atoms. The molecule has 0 saturated heterocycles. The molecule has 1 N–H and O–H groups in total. The van der Waals surface area contributed by atoms with Crippen molar-refractivity contribution < 1.29 is 18.3 Å². The number of anilines is 1. The average Bonchev–Trinajstić information content (AvgIpc) is 2.75. The highest BCUT2D eigenvalue weighted by Crippen LogP contribution is 2.30. The fourth-order valence-electron chi connectivity index (χ4n) is 3.00. The van der Waals surface area contributed by atoms with Crippen LogP contribution in [0.15, 0.2) is 66.9 Å². The van der Waals surface area contributed by atoms with Crippen LogP contribution in [0.2, 0.25) is 10.0 Å². The SMILES string of the molecule is O=C(Nc1ccc(OC(F)F)c(Cl)c1)c1cc(-c2ccccn2)nc2ccc(Cl)cc12. The summed E-state index contributed by atoms with van der Waals surface area (Å²) in [4.78, 5) is 22.0. The molecule has 2 heterocycles. The van der Waals surface area contributed by atoms with Crippen LogP contribution in [0, 0.1) is 0 Å². The summed E-state index contributed by atoms with van der Waals surface area (Å²) in [6.07, 6.45) is 1.63. The van der Waals surface area contributed by atoms with Crippen molar-refractivity contribution in [3.05, 3.63) is 82.5 Å². The molecule has 0 atom stereocenters. The molecule has 0 aliphatic heterocycles. The number of carbonyl (C=O) groups is 1. The van der Waals surface area contributed by atoms with Gasteiger partial charge in [-0.05, 0) is 54.6 Å². The molecule has 2 aromatic carbocycles. The lowest BCUT2D eigenvalue weighted by molar-refractivity contribution is -0.0497. The number of nitrogens with one attached hydrogen (secondary N) is 1. The van der Waals surface area contributed by atoms with Crippen LogP contribution in [0.3, 0.4) is 0 Å². The van der Waals surface area contributed by atoms with Gasteiger partial charge in [0.25, 0.3) is 5.91 Å². The highest BCUT2D eigenvalue weighted by atomic mass is 35.5. The van der Waals surface area contributed by atoms with Crippen LogP contribution < -0.4 is 10.1 Å². The lowest BCUT2D eigenvalue weighted by Gasteiger charge is -2.12. The summed E-state index contributed by atoms with van der Waals surface area (Å²) in [5.74, 6) is -0.640. The monoisotopic (exact) mass is 459 g/mol. The van der Waals surface area contributed by atoms with E-state index in [0.717, 1.165) is 0 Å². The first-order chi connectivity index (χ1) is 14.9. The number of carbonyl (C=O) groups excluding carboxylic acids is 1. The molecule has 0 unspecified atom stereocenters. The van der Waals surface area contributed by atoms with Gasteiger partial charge in [0, 0.05) is 22.3 Å². The number of pyridine rings is 2. The quantitative estimate of drug-likeness (QED) is 0.372. The Morgan fingerprint density at radius 1 is 1.00 bits per heavy atom. The second-order valence-corrected chi connectivity index (χ2v) is 7.25. The van der Waals surface area contributed by atoms with Gasteiger partial charge in [0.1, 0.15) is 5.75 Å². The van der Waals surface area contributed by atoms with E-state index >= 15 is 0 Å². The summed E-state index contributed by atoms with van der Waals surface area (Å²) in [5.41, 5.74) is 2.31. The minimum atomic E-state index is -3.00. The molecular weight excluding hydrogens is 447 g/mol. The Hall–Kier alpha value is -3.29. The summed E-state index contributed by atoms with van der Waals surface area (Å²) in [7, 11) is 0. The molecule has 31 heavy (non-hydrogen) atoms. The summed E-state index contributed by atoms with van der Waals surface area (Å²) >= 11 is 12.1. The summed E-state index contributed by atoms with van der Waals surface area (Å²) < 4.78 is 29.2. The van der Waals surface area contributed by atoms with Gasteiger partial charge in [0.2, 0.25) is 0 Å². The van der Waals surface area contributed by atoms with E-state index in [2.05, 4.69) is 20.0 Å². The zero-order valence-electron chi connectivity index (χ0n) is 15.7. The van der Waals surface area contributed by atoms with Crippen molar-refractivity contribution in [1.29, 1.82) is 0 Å². The van der Waals surface area contributed by atoms with Crippen LogP contribution >= 0.6 is 23.2 Å². The van der Waals surface area contributed by atoms with E-state index in [0.29, 0.717) is 38.6 Å². The van der Waals surface area contributed by atoms with E-state index in [4.69, 9.17) is 23.2 Å². The molecule has 0 radical (unpaired) electrons. The number of ether oxygens (including phenoxy) is 1. The number of benzene rings is 2. The maximum atomic E-state index is 13.1. The van der Waals surface area contributed by atoms with Crippen LogP contribution in [-0.2, 0) is 0 Å². The highest BCUT2D eigenvalue weighted by Gasteiger charge is 2.16. The summed E-state index contributed by atoms with van der Waals surface area (Å²) in [6, 6.07) is 16.0. The topological polar surface area (TPSA) is 64.1 Å². The van der Waals surface area contributed by atoms with Crippen molar-refractivity contribution in [2.75, 3.05) is 5.32 Å². The van der Waals surface area contributed by atoms with Gasteiger partial charge in [-0.15, -0.1) is 0 Å². The highest BCUT2D eigenvalue weighted by molar-refractivity contribution is 6.32. The third-order valence-electron chi connectivity index (χ3n) is 4.35. The van der Waals surface area contributed by atoms with Crippen molar-refractivity contribution in [3.63, 3.8) is 0 Å². The van der Waals surface area contributed by atoms with E-state index in [1.54, 1.807) is 42.6 Å². The van der Waals surface area contributed by atoms with Gasteiger partial charge in [-0.2, -0.15) is 8.78 Å². The number of alkyl halides is 2. The summed E-state index contributed by atoms with van der Waals surface area (Å²) in [6.45, 7) is -3.00. The zero-order valence-corrected chi connectivity index (χ0v) is 17.2. The molecule has 156 valence electrons. The Bertz CT molecular complexity index is 1270. The Labute approximate surface area is 185 Å². The normalized spacial score (nSPS) is 11.0. The minimum absolute atomic E-state index is 0.0603. The third-order valence-corrected chi connectivity index (χ3v) is 4.88. The fourth-order valence-corrected chi connectivity index (χ4v) is 3.40. The molecule has 5 nitrogen and oxygen atoms in total. The number of halogens is 4. The number of amides is 1. The van der Waals surface area contributed by atoms with E-state index in [-0.39, 0.29) is 10.8 Å². The van der Waals surface area contributed by atoms with Gasteiger partial charge in [-0.3, -0.25) is 9.78 Å². The molecule has 0 aliphatic rings. The molecule has 4 aromatic rings. The lowest BCUT2D eigenvalue weighted by Crippen LogP contribution is -2.13. The predicted molar refractivity (Wildman–Crippen MR) is 116 cm³/mol. The van der Waals surface area contributed by atoms with Crippen LogP contribution in [0.25, 0.3) is 22.3 Å². The van der Waals surface area contributed by atoms with Crippen LogP contribution in [0.1, 0.15) is 10.4 Å². The van der Waals surface area contributed by atoms with Gasteiger partial charge in [-0.1, -0.05) is 29.3 Å². The third kappa shape index (κ3) is 4.73. The Morgan fingerprint density at radius 3 is 2.55 bits per heavy atom. The first kappa shape index (κ1) is 21.0. The van der Waals surface area contributed by atoms with Crippen LogP contribution in [0.4, 0.5) is 14.5 Å². The maximum Gasteiger partial charge on any atom is 0.387 e. The number of hydrogen-bond donors (Lipinski definition) is 1. The molecule has 0 aliphatic carbocycles. The van der Waals surface area contributed by atoms with Gasteiger partial charge < -0.3 is 10.1 Å². The van der Waals surface area contributed by atoms with E-state index in [9.17, 15) is 13.6 Å². The van der Waals surface area contributed by atoms with E-state index < -0.39 is 12.5 Å². The van der Waals surface area contributed by atoms with Crippen molar-refractivity contribution in [1.82, 2.24) is 9.97 Å². The Balaban J connectivity index is 1.73. The Kier molecular flexibility index (Phi) is 5.97. The fraction of sp³-hybridized carbons (Fsp3) is 0.0455.